The second-order valence-corrected chi connectivity index (χ2v) is 5.37. The van der Waals surface area contributed by atoms with Crippen molar-refractivity contribution in [1.82, 2.24) is 4.98 Å². The maximum atomic E-state index is 5.94. The Balaban J connectivity index is 2.02. The summed E-state index contributed by atoms with van der Waals surface area (Å²) in [4.78, 5) is 4.58. The largest absolute Gasteiger partial charge is 0.330 e. The van der Waals surface area contributed by atoms with Gasteiger partial charge in [-0.25, -0.2) is 4.98 Å². The van der Waals surface area contributed by atoms with Gasteiger partial charge in [0.15, 0.2) is 0 Å². The first kappa shape index (κ1) is 11.8. The van der Waals surface area contributed by atoms with E-state index in [0.717, 1.165) is 29.9 Å². The molecular weight excluding hydrogens is 240 g/mol. The van der Waals surface area contributed by atoms with Crippen molar-refractivity contribution < 1.29 is 0 Å². The number of halogens is 1. The average molecular weight is 255 g/mol. The Morgan fingerprint density at radius 3 is 2.94 bits per heavy atom. The van der Waals surface area contributed by atoms with Gasteiger partial charge in [-0.3, -0.25) is 0 Å². The van der Waals surface area contributed by atoms with Gasteiger partial charge >= 0.3 is 0 Å². The van der Waals surface area contributed by atoms with Gasteiger partial charge in [-0.2, -0.15) is 0 Å². The number of benzene rings is 1. The number of aromatic nitrogens is 1. The standard InChI is InChI=1S/C12H15ClN2S/c13-9-5-6-10-11(8-9)16-12(15-10)4-2-1-3-7-14/h5-6,8H,1-4,7,14H2. The zero-order chi connectivity index (χ0) is 11.4. The quantitative estimate of drug-likeness (QED) is 0.828. The topological polar surface area (TPSA) is 38.9 Å². The summed E-state index contributed by atoms with van der Waals surface area (Å²) in [7, 11) is 0. The molecule has 0 spiro atoms. The van der Waals surface area contributed by atoms with Gasteiger partial charge in [-0.05, 0) is 44.0 Å². The molecule has 2 aromatic rings. The van der Waals surface area contributed by atoms with E-state index in [1.165, 1.54) is 22.5 Å². The van der Waals surface area contributed by atoms with E-state index in [1.54, 1.807) is 11.3 Å². The molecule has 0 aliphatic heterocycles. The molecule has 0 aliphatic carbocycles. The normalized spacial score (nSPS) is 11.1. The lowest BCUT2D eigenvalue weighted by molar-refractivity contribution is 0.685. The van der Waals surface area contributed by atoms with Crippen LogP contribution < -0.4 is 5.73 Å². The van der Waals surface area contributed by atoms with E-state index in [1.807, 2.05) is 18.2 Å². The number of hydrogen-bond acceptors (Lipinski definition) is 3. The summed E-state index contributed by atoms with van der Waals surface area (Å²) in [5.74, 6) is 0. The number of fused-ring (bicyclic) bond motifs is 1. The van der Waals surface area contributed by atoms with E-state index in [0.29, 0.717) is 0 Å². The van der Waals surface area contributed by atoms with Crippen LogP contribution >= 0.6 is 22.9 Å². The van der Waals surface area contributed by atoms with Crippen molar-refractivity contribution in [2.75, 3.05) is 6.54 Å². The van der Waals surface area contributed by atoms with Crippen LogP contribution in [0.15, 0.2) is 18.2 Å². The van der Waals surface area contributed by atoms with E-state index in [4.69, 9.17) is 17.3 Å². The fourth-order valence-electron chi connectivity index (χ4n) is 1.65. The number of thiazole rings is 1. The predicted octanol–water partition coefficient (Wildman–Crippen LogP) is 3.62. The minimum absolute atomic E-state index is 0.783. The summed E-state index contributed by atoms with van der Waals surface area (Å²) in [5, 5.41) is 1.99. The molecule has 2 nitrogen and oxygen atoms in total. The highest BCUT2D eigenvalue weighted by atomic mass is 35.5. The molecule has 1 aromatic carbocycles. The van der Waals surface area contributed by atoms with Gasteiger partial charge in [-0.15, -0.1) is 11.3 Å². The van der Waals surface area contributed by atoms with E-state index >= 15 is 0 Å². The zero-order valence-corrected chi connectivity index (χ0v) is 10.7. The molecule has 0 radical (unpaired) electrons. The molecule has 16 heavy (non-hydrogen) atoms. The molecule has 2 rings (SSSR count). The van der Waals surface area contributed by atoms with Crippen LogP contribution in [0.3, 0.4) is 0 Å². The number of nitrogens with two attached hydrogens (primary N) is 1. The first-order valence-corrected chi connectivity index (χ1v) is 6.74. The van der Waals surface area contributed by atoms with Crippen LogP contribution in [0.1, 0.15) is 24.3 Å². The third kappa shape index (κ3) is 2.94. The van der Waals surface area contributed by atoms with Gasteiger partial charge in [0.25, 0.3) is 0 Å². The highest BCUT2D eigenvalue weighted by Crippen LogP contribution is 2.26. The van der Waals surface area contributed by atoms with Crippen molar-refractivity contribution in [1.29, 1.82) is 0 Å². The fourth-order valence-corrected chi connectivity index (χ4v) is 2.94. The molecule has 86 valence electrons. The van der Waals surface area contributed by atoms with Crippen LogP contribution in [0.25, 0.3) is 10.2 Å². The first-order valence-electron chi connectivity index (χ1n) is 5.54. The highest BCUT2D eigenvalue weighted by molar-refractivity contribution is 7.18. The molecule has 0 fully saturated rings. The van der Waals surface area contributed by atoms with Crippen LogP contribution in [-0.4, -0.2) is 11.5 Å². The minimum atomic E-state index is 0.783. The molecule has 4 heteroatoms. The summed E-state index contributed by atoms with van der Waals surface area (Å²) in [5.41, 5.74) is 6.52. The van der Waals surface area contributed by atoms with Gasteiger partial charge in [0, 0.05) is 5.02 Å². The van der Waals surface area contributed by atoms with Gasteiger partial charge in [-0.1, -0.05) is 18.0 Å². The summed E-state index contributed by atoms with van der Waals surface area (Å²) < 4.78 is 1.18. The van der Waals surface area contributed by atoms with Crippen LogP contribution in [0.4, 0.5) is 0 Å². The molecule has 0 aliphatic rings. The van der Waals surface area contributed by atoms with Crippen LogP contribution in [-0.2, 0) is 6.42 Å². The predicted molar refractivity (Wildman–Crippen MR) is 71.2 cm³/mol. The van der Waals surface area contributed by atoms with Crippen LogP contribution in [0, 0.1) is 0 Å². The molecule has 0 unspecified atom stereocenters. The Morgan fingerprint density at radius 2 is 2.12 bits per heavy atom. The van der Waals surface area contributed by atoms with Crippen molar-refractivity contribution >= 4 is 33.2 Å². The molecule has 0 atom stereocenters. The Morgan fingerprint density at radius 1 is 1.25 bits per heavy atom. The van der Waals surface area contributed by atoms with Gasteiger partial charge in [0.05, 0.1) is 15.2 Å². The monoisotopic (exact) mass is 254 g/mol. The molecular formula is C12H15ClN2S. The second-order valence-electron chi connectivity index (χ2n) is 3.82. The van der Waals surface area contributed by atoms with E-state index < -0.39 is 0 Å². The van der Waals surface area contributed by atoms with Crippen molar-refractivity contribution in [3.8, 4) is 0 Å². The Kier molecular flexibility index (Phi) is 4.16. The molecule has 0 amide bonds. The molecule has 0 bridgehead atoms. The van der Waals surface area contributed by atoms with E-state index in [2.05, 4.69) is 4.98 Å². The fraction of sp³-hybridized carbons (Fsp3) is 0.417. The molecule has 1 aromatic heterocycles. The Labute approximate surface area is 104 Å². The summed E-state index contributed by atoms with van der Waals surface area (Å²) in [6, 6.07) is 5.86. The minimum Gasteiger partial charge on any atom is -0.330 e. The van der Waals surface area contributed by atoms with E-state index in [9.17, 15) is 0 Å². The lowest BCUT2D eigenvalue weighted by Crippen LogP contribution is -1.98. The Hall–Kier alpha value is -0.640. The molecule has 2 N–H and O–H groups in total. The lowest BCUT2D eigenvalue weighted by Gasteiger charge is -1.95. The Bertz CT molecular complexity index is 467. The van der Waals surface area contributed by atoms with Crippen molar-refractivity contribution in [3.63, 3.8) is 0 Å². The molecule has 0 saturated heterocycles. The number of rotatable bonds is 5. The number of unbranched alkanes of at least 4 members (excludes halogenated alkanes) is 2. The third-order valence-corrected chi connectivity index (χ3v) is 3.80. The maximum Gasteiger partial charge on any atom is 0.0938 e. The SMILES string of the molecule is NCCCCCc1nc2ccc(Cl)cc2s1. The molecule has 0 saturated carbocycles. The van der Waals surface area contributed by atoms with Gasteiger partial charge in [0.1, 0.15) is 0 Å². The van der Waals surface area contributed by atoms with Crippen LogP contribution in [0.5, 0.6) is 0 Å². The van der Waals surface area contributed by atoms with Crippen molar-refractivity contribution in [2.24, 2.45) is 5.73 Å². The number of aryl methyl sites for hydroxylation is 1. The summed E-state index contributed by atoms with van der Waals surface area (Å²) >= 11 is 7.68. The third-order valence-electron chi connectivity index (χ3n) is 2.49. The summed E-state index contributed by atoms with van der Waals surface area (Å²) in [6.07, 6.45) is 4.52. The first-order chi connectivity index (χ1) is 7.79. The lowest BCUT2D eigenvalue weighted by atomic mass is 10.2. The van der Waals surface area contributed by atoms with Crippen molar-refractivity contribution in [2.45, 2.75) is 25.7 Å². The average Bonchev–Trinajstić information content (AvgIpc) is 2.66. The van der Waals surface area contributed by atoms with E-state index in [-0.39, 0.29) is 0 Å². The smallest absolute Gasteiger partial charge is 0.0938 e. The highest BCUT2D eigenvalue weighted by Gasteiger charge is 2.03. The second kappa shape index (κ2) is 5.62. The van der Waals surface area contributed by atoms with Gasteiger partial charge < -0.3 is 5.73 Å². The number of nitrogens with zero attached hydrogens (tertiary/aromatic N) is 1. The van der Waals surface area contributed by atoms with Crippen LogP contribution in [0.2, 0.25) is 5.02 Å². The van der Waals surface area contributed by atoms with Gasteiger partial charge in [0.2, 0.25) is 0 Å². The number of hydrogen-bond donors (Lipinski definition) is 1. The maximum absolute atomic E-state index is 5.94. The zero-order valence-electron chi connectivity index (χ0n) is 9.08. The summed E-state index contributed by atoms with van der Waals surface area (Å²) in [6.45, 7) is 0.787. The molecule has 1 heterocycles. The van der Waals surface area contributed by atoms with Crippen molar-refractivity contribution in [3.05, 3.63) is 28.2 Å².